The topological polar surface area (TPSA) is 12.0 Å². The molecule has 0 saturated heterocycles. The van der Waals surface area contributed by atoms with Crippen molar-refractivity contribution in [1.82, 2.24) is 5.32 Å². The van der Waals surface area contributed by atoms with E-state index in [-0.39, 0.29) is 0 Å². The van der Waals surface area contributed by atoms with Crippen LogP contribution in [0, 0.1) is 11.3 Å². The average molecular weight is 358 g/mol. The second-order valence-electron chi connectivity index (χ2n) is 6.76. The highest BCUT2D eigenvalue weighted by Gasteiger charge is 2.32. The summed E-state index contributed by atoms with van der Waals surface area (Å²) in [5, 5.41) is 3.63. The Labute approximate surface area is 136 Å². The van der Waals surface area contributed by atoms with Gasteiger partial charge in [-0.3, -0.25) is 0 Å². The molecule has 1 saturated carbocycles. The maximum absolute atomic E-state index is 3.63. The summed E-state index contributed by atoms with van der Waals surface area (Å²) in [5.74, 6) is 0.762. The maximum atomic E-state index is 3.63. The van der Waals surface area contributed by atoms with Crippen molar-refractivity contribution in [3.8, 4) is 0 Å². The van der Waals surface area contributed by atoms with Gasteiger partial charge in [0, 0.05) is 4.88 Å². The standard InChI is InChI=1S/C17H28BrNS/c1-14(2)13-19-12-11-17(8-3-4-9-17)10-7-15-5-6-16(18)20-15/h5-6,14,19H,3-4,7-13H2,1-2H3. The summed E-state index contributed by atoms with van der Waals surface area (Å²) in [5.41, 5.74) is 0.625. The largest absolute Gasteiger partial charge is 0.316 e. The predicted molar refractivity (Wildman–Crippen MR) is 93.6 cm³/mol. The number of hydrogen-bond acceptors (Lipinski definition) is 2. The Morgan fingerprint density at radius 1 is 1.25 bits per heavy atom. The van der Waals surface area contributed by atoms with E-state index in [0.717, 1.165) is 12.5 Å². The van der Waals surface area contributed by atoms with E-state index in [1.165, 1.54) is 55.3 Å². The molecule has 3 heteroatoms. The van der Waals surface area contributed by atoms with Gasteiger partial charge in [0.25, 0.3) is 0 Å². The van der Waals surface area contributed by atoms with Crippen molar-refractivity contribution >= 4 is 27.3 Å². The van der Waals surface area contributed by atoms with Crippen molar-refractivity contribution in [2.75, 3.05) is 13.1 Å². The lowest BCUT2D eigenvalue weighted by atomic mass is 9.78. The van der Waals surface area contributed by atoms with Gasteiger partial charge in [-0.2, -0.15) is 0 Å². The fourth-order valence-electron chi connectivity index (χ4n) is 3.37. The molecule has 0 bridgehead atoms. The Morgan fingerprint density at radius 3 is 2.60 bits per heavy atom. The molecule has 0 spiro atoms. The van der Waals surface area contributed by atoms with Crippen LogP contribution >= 0.6 is 27.3 Å². The zero-order valence-electron chi connectivity index (χ0n) is 12.9. The third-order valence-electron chi connectivity index (χ3n) is 4.58. The lowest BCUT2D eigenvalue weighted by Gasteiger charge is -2.29. The minimum absolute atomic E-state index is 0.625. The smallest absolute Gasteiger partial charge is 0.0701 e. The van der Waals surface area contributed by atoms with Gasteiger partial charge in [-0.25, -0.2) is 0 Å². The zero-order chi connectivity index (χ0) is 14.4. The predicted octanol–water partition coefficient (Wildman–Crippen LogP) is 5.64. The van der Waals surface area contributed by atoms with Crippen molar-refractivity contribution in [2.45, 2.75) is 58.8 Å². The minimum Gasteiger partial charge on any atom is -0.316 e. The van der Waals surface area contributed by atoms with Crippen LogP contribution in [0.25, 0.3) is 0 Å². The van der Waals surface area contributed by atoms with Crippen LogP contribution in [0.5, 0.6) is 0 Å². The van der Waals surface area contributed by atoms with Crippen molar-refractivity contribution in [1.29, 1.82) is 0 Å². The van der Waals surface area contributed by atoms with Crippen LogP contribution < -0.4 is 5.32 Å². The normalized spacial score (nSPS) is 18.0. The summed E-state index contributed by atoms with van der Waals surface area (Å²) in [6, 6.07) is 4.47. The molecule has 1 aromatic heterocycles. The van der Waals surface area contributed by atoms with Gasteiger partial charge < -0.3 is 5.32 Å². The van der Waals surface area contributed by atoms with E-state index in [1.54, 1.807) is 4.88 Å². The summed E-state index contributed by atoms with van der Waals surface area (Å²) in [4.78, 5) is 1.54. The Balaban J connectivity index is 1.79. The lowest BCUT2D eigenvalue weighted by molar-refractivity contribution is 0.244. The van der Waals surface area contributed by atoms with Crippen molar-refractivity contribution in [3.63, 3.8) is 0 Å². The highest BCUT2D eigenvalue weighted by Crippen LogP contribution is 2.45. The monoisotopic (exact) mass is 357 g/mol. The molecule has 1 aromatic rings. The van der Waals surface area contributed by atoms with E-state index >= 15 is 0 Å². The fraction of sp³-hybridized carbons (Fsp3) is 0.765. The molecule has 0 amide bonds. The van der Waals surface area contributed by atoms with Crippen LogP contribution in [0.3, 0.4) is 0 Å². The number of halogens is 1. The molecule has 1 fully saturated rings. The van der Waals surface area contributed by atoms with E-state index in [2.05, 4.69) is 47.2 Å². The van der Waals surface area contributed by atoms with Crippen molar-refractivity contribution in [3.05, 3.63) is 20.8 Å². The van der Waals surface area contributed by atoms with E-state index in [9.17, 15) is 0 Å². The summed E-state index contributed by atoms with van der Waals surface area (Å²) < 4.78 is 1.27. The van der Waals surface area contributed by atoms with E-state index in [4.69, 9.17) is 0 Å². The molecule has 1 heterocycles. The number of thiophene rings is 1. The summed E-state index contributed by atoms with van der Waals surface area (Å²) >= 11 is 5.48. The van der Waals surface area contributed by atoms with Crippen LogP contribution in [-0.4, -0.2) is 13.1 Å². The molecule has 1 aliphatic carbocycles. The fourth-order valence-corrected chi connectivity index (χ4v) is 4.85. The Hall–Kier alpha value is 0.140. The highest BCUT2D eigenvalue weighted by atomic mass is 79.9. The van der Waals surface area contributed by atoms with Gasteiger partial charge in [0.2, 0.25) is 0 Å². The SMILES string of the molecule is CC(C)CNCCC1(CCc2ccc(Br)s2)CCCC1. The van der Waals surface area contributed by atoms with Crippen molar-refractivity contribution in [2.24, 2.45) is 11.3 Å². The molecule has 0 aromatic carbocycles. The first-order chi connectivity index (χ1) is 9.60. The third kappa shape index (κ3) is 5.16. The van der Waals surface area contributed by atoms with Crippen LogP contribution in [0.2, 0.25) is 0 Å². The first kappa shape index (κ1) is 16.5. The molecule has 114 valence electrons. The Bertz CT molecular complexity index is 393. The van der Waals surface area contributed by atoms with Crippen LogP contribution in [-0.2, 0) is 6.42 Å². The van der Waals surface area contributed by atoms with Crippen LogP contribution in [0.15, 0.2) is 15.9 Å². The molecule has 0 aliphatic heterocycles. The molecular weight excluding hydrogens is 330 g/mol. The van der Waals surface area contributed by atoms with Crippen molar-refractivity contribution < 1.29 is 0 Å². The maximum Gasteiger partial charge on any atom is 0.0701 e. The van der Waals surface area contributed by atoms with E-state index in [0.29, 0.717) is 5.41 Å². The number of hydrogen-bond donors (Lipinski definition) is 1. The molecule has 1 nitrogen and oxygen atoms in total. The van der Waals surface area contributed by atoms with E-state index in [1.807, 2.05) is 11.3 Å². The van der Waals surface area contributed by atoms with Gasteiger partial charge >= 0.3 is 0 Å². The van der Waals surface area contributed by atoms with E-state index < -0.39 is 0 Å². The Kier molecular flexibility index (Phi) is 6.57. The second kappa shape index (κ2) is 7.95. The molecule has 0 unspecified atom stereocenters. The number of rotatable bonds is 8. The third-order valence-corrected chi connectivity index (χ3v) is 6.26. The van der Waals surface area contributed by atoms with Crippen LogP contribution in [0.1, 0.15) is 57.2 Å². The molecular formula is C17H28BrNS. The zero-order valence-corrected chi connectivity index (χ0v) is 15.3. The minimum atomic E-state index is 0.625. The molecule has 2 rings (SSSR count). The molecule has 0 atom stereocenters. The molecule has 20 heavy (non-hydrogen) atoms. The molecule has 0 radical (unpaired) electrons. The lowest BCUT2D eigenvalue weighted by Crippen LogP contribution is -2.27. The van der Waals surface area contributed by atoms with Crippen LogP contribution in [0.4, 0.5) is 0 Å². The molecule has 1 N–H and O–H groups in total. The summed E-state index contributed by atoms with van der Waals surface area (Å²) in [7, 11) is 0. The number of nitrogens with one attached hydrogen (secondary N) is 1. The Morgan fingerprint density at radius 2 is 2.00 bits per heavy atom. The second-order valence-corrected chi connectivity index (χ2v) is 9.31. The van der Waals surface area contributed by atoms with Gasteiger partial charge in [0.1, 0.15) is 0 Å². The van der Waals surface area contributed by atoms with Gasteiger partial charge in [-0.05, 0) is 84.6 Å². The quantitative estimate of drug-likeness (QED) is 0.593. The highest BCUT2D eigenvalue weighted by molar-refractivity contribution is 9.11. The number of aryl methyl sites for hydroxylation is 1. The van der Waals surface area contributed by atoms with Gasteiger partial charge in [0.15, 0.2) is 0 Å². The van der Waals surface area contributed by atoms with Gasteiger partial charge in [-0.1, -0.05) is 26.7 Å². The summed E-state index contributed by atoms with van der Waals surface area (Å²) in [6.07, 6.45) is 9.79. The first-order valence-corrected chi connectivity index (χ1v) is 9.66. The first-order valence-electron chi connectivity index (χ1n) is 8.05. The van der Waals surface area contributed by atoms with Gasteiger partial charge in [-0.15, -0.1) is 11.3 Å². The van der Waals surface area contributed by atoms with Gasteiger partial charge in [0.05, 0.1) is 3.79 Å². The molecule has 1 aliphatic rings. The summed E-state index contributed by atoms with van der Waals surface area (Å²) in [6.45, 7) is 6.93. The average Bonchev–Trinajstić information content (AvgIpc) is 3.02.